The molecule has 220 valence electrons. The van der Waals surface area contributed by atoms with Gasteiger partial charge in [0.25, 0.3) is 5.91 Å². The maximum absolute atomic E-state index is 12.8. The summed E-state index contributed by atoms with van der Waals surface area (Å²) in [5.41, 5.74) is 5.41. The van der Waals surface area contributed by atoms with Crippen LogP contribution in [0.15, 0.2) is 61.2 Å². The van der Waals surface area contributed by atoms with Gasteiger partial charge in [0.2, 0.25) is 0 Å². The molecule has 11 heteroatoms. The highest BCUT2D eigenvalue weighted by atomic mass is 16.5. The number of pyridine rings is 2. The molecule has 3 amide bonds. The minimum atomic E-state index is -0.358. The van der Waals surface area contributed by atoms with Gasteiger partial charge >= 0.3 is 6.03 Å². The van der Waals surface area contributed by atoms with Crippen molar-refractivity contribution in [3.05, 3.63) is 72.3 Å². The van der Waals surface area contributed by atoms with E-state index in [0.29, 0.717) is 43.4 Å². The predicted molar refractivity (Wildman–Crippen MR) is 162 cm³/mol. The maximum Gasteiger partial charge on any atom is 0.319 e. The summed E-state index contributed by atoms with van der Waals surface area (Å²) in [6, 6.07) is 10.6. The molecule has 1 aliphatic rings. The summed E-state index contributed by atoms with van der Waals surface area (Å²) in [4.78, 5) is 36.3. The molecule has 0 aliphatic carbocycles. The van der Waals surface area contributed by atoms with Gasteiger partial charge in [-0.15, -0.1) is 0 Å². The first kappa shape index (κ1) is 29.0. The molecule has 1 aliphatic heterocycles. The number of carbonyl (C=O) groups excluding carboxylic acids is 2. The van der Waals surface area contributed by atoms with E-state index in [1.54, 1.807) is 29.4 Å². The van der Waals surface area contributed by atoms with Gasteiger partial charge in [-0.3, -0.25) is 4.79 Å². The van der Waals surface area contributed by atoms with Crippen LogP contribution in [0.2, 0.25) is 0 Å². The second kappa shape index (κ2) is 13.0. The van der Waals surface area contributed by atoms with Crippen LogP contribution in [-0.4, -0.2) is 75.3 Å². The monoisotopic (exact) mass is 571 g/mol. The highest BCUT2D eigenvalue weighted by Gasteiger charge is 2.20. The molecule has 0 unspecified atom stereocenters. The number of carbonyl (C=O) groups is 2. The molecule has 4 N–H and O–H groups in total. The van der Waals surface area contributed by atoms with Crippen LogP contribution >= 0.6 is 0 Å². The highest BCUT2D eigenvalue weighted by molar-refractivity contribution is 5.94. The molecule has 4 aromatic rings. The number of urea groups is 1. The van der Waals surface area contributed by atoms with Crippen LogP contribution in [0.25, 0.3) is 16.8 Å². The highest BCUT2D eigenvalue weighted by Crippen LogP contribution is 2.32. The predicted octanol–water partition coefficient (Wildman–Crippen LogP) is 4.45. The van der Waals surface area contributed by atoms with Crippen molar-refractivity contribution < 1.29 is 19.4 Å². The zero-order valence-corrected chi connectivity index (χ0v) is 24.1. The molecule has 4 heterocycles. The van der Waals surface area contributed by atoms with E-state index < -0.39 is 0 Å². The molecular formula is C31H37N7O4. The van der Waals surface area contributed by atoms with Crippen molar-refractivity contribution in [3.63, 3.8) is 0 Å². The fourth-order valence-corrected chi connectivity index (χ4v) is 5.02. The molecule has 0 radical (unpaired) electrons. The van der Waals surface area contributed by atoms with Gasteiger partial charge in [0.05, 0.1) is 37.1 Å². The number of fused-ring (bicyclic) bond motifs is 1. The Morgan fingerprint density at radius 3 is 2.64 bits per heavy atom. The van der Waals surface area contributed by atoms with Gasteiger partial charge in [-0.2, -0.15) is 0 Å². The first-order valence-electron chi connectivity index (χ1n) is 14.2. The Morgan fingerprint density at radius 2 is 1.93 bits per heavy atom. The number of morpholine rings is 1. The van der Waals surface area contributed by atoms with E-state index in [2.05, 4.69) is 25.9 Å². The number of aliphatic hydroxyl groups excluding tert-OH is 1. The van der Waals surface area contributed by atoms with Crippen molar-refractivity contribution in [2.75, 3.05) is 43.5 Å². The van der Waals surface area contributed by atoms with Crippen LogP contribution in [0.4, 0.5) is 22.0 Å². The Bertz CT molecular complexity index is 1550. The molecule has 1 fully saturated rings. The quantitative estimate of drug-likeness (QED) is 0.233. The SMILES string of the molecule is CC[C@H](C)[C@@H](CO)NC(=O)Nc1cccc(-c2cc(Nc3ccc(C(=O)N4CCOCC4)cn3)c3nccn3c2)c1C. The molecule has 11 nitrogen and oxygen atoms in total. The number of nitrogens with one attached hydrogen (secondary N) is 3. The number of ether oxygens (including phenoxy) is 1. The van der Waals surface area contributed by atoms with Crippen LogP contribution in [0.3, 0.4) is 0 Å². The molecule has 5 rings (SSSR count). The minimum Gasteiger partial charge on any atom is -0.394 e. The summed E-state index contributed by atoms with van der Waals surface area (Å²) < 4.78 is 7.27. The Balaban J connectivity index is 1.37. The molecule has 1 aromatic carbocycles. The van der Waals surface area contributed by atoms with Crippen molar-refractivity contribution in [3.8, 4) is 11.1 Å². The summed E-state index contributed by atoms with van der Waals surface area (Å²) in [5, 5.41) is 18.9. The Hall–Kier alpha value is -4.48. The molecule has 1 saturated heterocycles. The Kier molecular flexibility index (Phi) is 8.99. The standard InChI is InChI=1S/C31H37N7O4/c1-4-20(2)27(19-39)36-31(41)35-25-7-5-6-24(21(25)3)23-16-26(29-32-10-11-38(29)18-23)34-28-9-8-22(17-33-28)30(40)37-12-14-42-15-13-37/h5-11,16-18,20,27,39H,4,12-15,19H2,1-3H3,(H,33,34)(H2,35,36,41)/t20-,27+/m0/s1. The maximum atomic E-state index is 12.8. The van der Waals surface area contributed by atoms with Crippen molar-refractivity contribution in [1.29, 1.82) is 0 Å². The summed E-state index contributed by atoms with van der Waals surface area (Å²) in [6.07, 6.45) is 8.02. The van der Waals surface area contributed by atoms with Crippen LogP contribution in [0, 0.1) is 12.8 Å². The number of nitrogens with zero attached hydrogens (tertiary/aromatic N) is 4. The van der Waals surface area contributed by atoms with Gasteiger partial charge in [0.1, 0.15) is 5.82 Å². The normalized spacial score (nSPS) is 14.8. The molecule has 2 atom stereocenters. The van der Waals surface area contributed by atoms with E-state index in [-0.39, 0.29) is 30.5 Å². The number of imidazole rings is 1. The molecule has 0 spiro atoms. The van der Waals surface area contributed by atoms with E-state index >= 15 is 0 Å². The molecule has 0 bridgehead atoms. The smallest absolute Gasteiger partial charge is 0.319 e. The fourth-order valence-electron chi connectivity index (χ4n) is 5.02. The van der Waals surface area contributed by atoms with Gasteiger partial charge < -0.3 is 35.1 Å². The second-order valence-corrected chi connectivity index (χ2v) is 10.5. The van der Waals surface area contributed by atoms with Crippen LogP contribution in [-0.2, 0) is 4.74 Å². The average Bonchev–Trinajstić information content (AvgIpc) is 3.50. The van der Waals surface area contributed by atoms with Gasteiger partial charge in [0.15, 0.2) is 5.65 Å². The van der Waals surface area contributed by atoms with Gasteiger partial charge in [-0.1, -0.05) is 32.4 Å². The van der Waals surface area contributed by atoms with E-state index in [4.69, 9.17) is 4.74 Å². The Morgan fingerprint density at radius 1 is 1.12 bits per heavy atom. The second-order valence-electron chi connectivity index (χ2n) is 10.5. The van der Waals surface area contributed by atoms with Crippen LogP contribution in [0.1, 0.15) is 36.2 Å². The average molecular weight is 572 g/mol. The van der Waals surface area contributed by atoms with E-state index in [1.807, 2.05) is 61.8 Å². The summed E-state index contributed by atoms with van der Waals surface area (Å²) in [5.74, 6) is 0.676. The molecule has 3 aromatic heterocycles. The fraction of sp³-hybridized carbons (Fsp3) is 0.355. The first-order chi connectivity index (χ1) is 20.4. The van der Waals surface area contributed by atoms with E-state index in [1.165, 1.54) is 0 Å². The van der Waals surface area contributed by atoms with E-state index in [0.717, 1.165) is 34.4 Å². The van der Waals surface area contributed by atoms with Gasteiger partial charge in [-0.25, -0.2) is 14.8 Å². The number of rotatable bonds is 9. The number of hydrogen-bond acceptors (Lipinski definition) is 7. The lowest BCUT2D eigenvalue weighted by molar-refractivity contribution is 0.0302. The summed E-state index contributed by atoms with van der Waals surface area (Å²) in [7, 11) is 0. The van der Waals surface area contributed by atoms with Crippen LogP contribution < -0.4 is 16.0 Å². The number of aromatic nitrogens is 3. The number of hydrogen-bond donors (Lipinski definition) is 4. The topological polar surface area (TPSA) is 133 Å². The lowest BCUT2D eigenvalue weighted by atomic mass is 9.99. The number of aliphatic hydroxyl groups is 1. The number of benzene rings is 1. The number of anilines is 3. The third kappa shape index (κ3) is 6.37. The van der Waals surface area contributed by atoms with Gasteiger partial charge in [0, 0.05) is 49.1 Å². The lowest BCUT2D eigenvalue weighted by Gasteiger charge is -2.26. The van der Waals surface area contributed by atoms with Crippen LogP contribution in [0.5, 0.6) is 0 Å². The molecule has 0 saturated carbocycles. The third-order valence-electron chi connectivity index (χ3n) is 7.80. The zero-order chi connectivity index (χ0) is 29.6. The first-order valence-corrected chi connectivity index (χ1v) is 14.2. The van der Waals surface area contributed by atoms with Crippen molar-refractivity contribution >= 4 is 34.8 Å². The van der Waals surface area contributed by atoms with E-state index in [9.17, 15) is 14.7 Å². The van der Waals surface area contributed by atoms with Crippen molar-refractivity contribution in [2.45, 2.75) is 33.2 Å². The Labute approximate surface area is 244 Å². The van der Waals surface area contributed by atoms with Gasteiger partial charge in [-0.05, 0) is 48.2 Å². The number of amides is 3. The largest absolute Gasteiger partial charge is 0.394 e. The molecular weight excluding hydrogens is 534 g/mol. The lowest BCUT2D eigenvalue weighted by Crippen LogP contribution is -2.44. The van der Waals surface area contributed by atoms with Crippen molar-refractivity contribution in [1.82, 2.24) is 24.6 Å². The third-order valence-corrected chi connectivity index (χ3v) is 7.80. The summed E-state index contributed by atoms with van der Waals surface area (Å²) in [6.45, 7) is 8.10. The summed E-state index contributed by atoms with van der Waals surface area (Å²) >= 11 is 0. The molecule has 42 heavy (non-hydrogen) atoms. The zero-order valence-electron chi connectivity index (χ0n) is 24.1. The van der Waals surface area contributed by atoms with Crippen molar-refractivity contribution in [2.24, 2.45) is 5.92 Å². The minimum absolute atomic E-state index is 0.0561.